The van der Waals surface area contributed by atoms with Crippen molar-refractivity contribution in [2.45, 2.75) is 16.6 Å². The molecule has 0 saturated heterocycles. The average molecular weight is 299 g/mol. The van der Waals surface area contributed by atoms with Gasteiger partial charge in [0.25, 0.3) is 5.91 Å². The second kappa shape index (κ2) is 5.21. The Morgan fingerprint density at radius 3 is 2.76 bits per heavy atom. The van der Waals surface area contributed by atoms with Gasteiger partial charge in [-0.05, 0) is 31.2 Å². The topological polar surface area (TPSA) is 71.1 Å². The number of benzene rings is 1. The van der Waals surface area contributed by atoms with E-state index in [0.29, 0.717) is 5.82 Å². The number of carbonyl (C=O) groups is 2. The van der Waals surface area contributed by atoms with Crippen molar-refractivity contribution in [3.63, 3.8) is 0 Å². The maximum Gasteiger partial charge on any atom is 0.251 e. The molecule has 2 N–H and O–H groups in total. The van der Waals surface area contributed by atoms with Crippen LogP contribution in [-0.4, -0.2) is 21.5 Å². The first kappa shape index (κ1) is 13.6. The van der Waals surface area contributed by atoms with Gasteiger partial charge in [0.1, 0.15) is 5.82 Å². The molecular weight excluding hydrogens is 286 g/mol. The van der Waals surface area contributed by atoms with Crippen LogP contribution >= 0.6 is 11.8 Å². The highest BCUT2D eigenvalue weighted by molar-refractivity contribution is 8.02. The summed E-state index contributed by atoms with van der Waals surface area (Å²) in [4.78, 5) is 29.7. The van der Waals surface area contributed by atoms with Crippen molar-refractivity contribution in [1.82, 2.24) is 4.98 Å². The highest BCUT2D eigenvalue weighted by Gasteiger charge is 2.45. The zero-order valence-corrected chi connectivity index (χ0v) is 12.1. The van der Waals surface area contributed by atoms with Crippen LogP contribution in [-0.2, 0) is 9.59 Å². The smallest absolute Gasteiger partial charge is 0.251 e. The lowest BCUT2D eigenvalue weighted by molar-refractivity contribution is -0.126. The number of pyridine rings is 1. The summed E-state index contributed by atoms with van der Waals surface area (Å²) in [5.74, 6) is -0.297. The number of aromatic nitrogens is 1. The van der Waals surface area contributed by atoms with Crippen LogP contribution in [0.15, 0.2) is 53.6 Å². The molecule has 1 aliphatic rings. The number of fused-ring (bicyclic) bond motifs is 1. The predicted octanol–water partition coefficient (Wildman–Crippen LogP) is 2.52. The first-order chi connectivity index (χ1) is 10.1. The van der Waals surface area contributed by atoms with Gasteiger partial charge in [0.05, 0.1) is 5.69 Å². The van der Waals surface area contributed by atoms with E-state index in [1.807, 2.05) is 24.3 Å². The Hall–Kier alpha value is -2.34. The van der Waals surface area contributed by atoms with Crippen LogP contribution in [0.4, 0.5) is 11.5 Å². The van der Waals surface area contributed by atoms with Crippen molar-refractivity contribution in [3.8, 4) is 0 Å². The summed E-state index contributed by atoms with van der Waals surface area (Å²) in [5.41, 5.74) is 0.732. The second-order valence-corrected chi connectivity index (χ2v) is 6.22. The maximum absolute atomic E-state index is 12.5. The number of carbonyl (C=O) groups excluding carboxylic acids is 2. The van der Waals surface area contributed by atoms with Gasteiger partial charge in [-0.15, -0.1) is 0 Å². The number of thioether (sulfide) groups is 1. The summed E-state index contributed by atoms with van der Waals surface area (Å²) in [6.07, 6.45) is 1.58. The number of anilines is 2. The molecule has 2 amide bonds. The highest BCUT2D eigenvalue weighted by Crippen LogP contribution is 2.42. The molecule has 0 bridgehead atoms. The molecule has 6 heteroatoms. The van der Waals surface area contributed by atoms with Crippen LogP contribution < -0.4 is 10.6 Å². The molecule has 0 fully saturated rings. The van der Waals surface area contributed by atoms with E-state index in [4.69, 9.17) is 0 Å². The van der Waals surface area contributed by atoms with E-state index in [1.54, 1.807) is 31.3 Å². The van der Waals surface area contributed by atoms with Gasteiger partial charge in [-0.25, -0.2) is 4.98 Å². The van der Waals surface area contributed by atoms with E-state index in [-0.39, 0.29) is 5.91 Å². The van der Waals surface area contributed by atoms with Gasteiger partial charge in [-0.3, -0.25) is 9.59 Å². The summed E-state index contributed by atoms with van der Waals surface area (Å²) < 4.78 is -1.23. The van der Waals surface area contributed by atoms with Crippen molar-refractivity contribution < 1.29 is 9.59 Å². The quantitative estimate of drug-likeness (QED) is 0.836. The number of para-hydroxylation sites is 1. The van der Waals surface area contributed by atoms with Gasteiger partial charge in [0.2, 0.25) is 5.91 Å². The number of rotatable bonds is 2. The normalized spacial score (nSPS) is 20.3. The van der Waals surface area contributed by atoms with Crippen LogP contribution in [0.25, 0.3) is 0 Å². The van der Waals surface area contributed by atoms with Crippen molar-refractivity contribution in [2.75, 3.05) is 10.6 Å². The third kappa shape index (κ3) is 2.50. The summed E-state index contributed by atoms with van der Waals surface area (Å²) in [6.45, 7) is 1.61. The molecule has 1 atom stereocenters. The molecule has 106 valence electrons. The lowest BCUT2D eigenvalue weighted by Gasteiger charge is -2.31. The predicted molar refractivity (Wildman–Crippen MR) is 82.2 cm³/mol. The first-order valence-corrected chi connectivity index (χ1v) is 7.23. The fourth-order valence-electron chi connectivity index (χ4n) is 1.99. The molecule has 2 heterocycles. The SMILES string of the molecule is CC1(C(=O)Nc2ccccn2)Sc2ccccc2NC1=O. The Labute approximate surface area is 126 Å². The number of amides is 2. The van der Waals surface area contributed by atoms with Gasteiger partial charge >= 0.3 is 0 Å². The molecule has 2 aromatic rings. The molecular formula is C15H13N3O2S. The standard InChI is InChI=1S/C15H13N3O2S/c1-15(14(20)18-12-8-4-5-9-16-12)13(19)17-10-6-2-3-7-11(10)21-15/h2-9H,1H3,(H,17,19)(H,16,18,20). The van der Waals surface area contributed by atoms with Crippen LogP contribution in [0.1, 0.15) is 6.92 Å². The minimum Gasteiger partial charge on any atom is -0.323 e. The number of hydrogen-bond donors (Lipinski definition) is 2. The van der Waals surface area contributed by atoms with Crippen molar-refractivity contribution >= 4 is 35.1 Å². The Kier molecular flexibility index (Phi) is 3.39. The molecule has 5 nitrogen and oxygen atoms in total. The average Bonchev–Trinajstić information content (AvgIpc) is 2.49. The molecule has 0 aliphatic carbocycles. The number of nitrogens with one attached hydrogen (secondary N) is 2. The molecule has 3 rings (SSSR count). The van der Waals surface area contributed by atoms with E-state index in [1.165, 1.54) is 11.8 Å². The molecule has 21 heavy (non-hydrogen) atoms. The van der Waals surface area contributed by atoms with Gasteiger partial charge in [0.15, 0.2) is 4.75 Å². The lowest BCUT2D eigenvalue weighted by Crippen LogP contribution is -2.49. The Bertz CT molecular complexity index is 705. The van der Waals surface area contributed by atoms with Crippen LogP contribution in [0, 0.1) is 0 Å². The zero-order chi connectivity index (χ0) is 14.9. The molecule has 0 radical (unpaired) electrons. The summed E-state index contributed by atoms with van der Waals surface area (Å²) in [5, 5.41) is 5.46. The molecule has 0 spiro atoms. The minimum atomic E-state index is -1.23. The Balaban J connectivity index is 1.87. The lowest BCUT2D eigenvalue weighted by atomic mass is 10.1. The molecule has 1 aliphatic heterocycles. The van der Waals surface area contributed by atoms with Gasteiger partial charge < -0.3 is 10.6 Å². The molecule has 1 unspecified atom stereocenters. The van der Waals surface area contributed by atoms with Crippen LogP contribution in [0.2, 0.25) is 0 Å². The highest BCUT2D eigenvalue weighted by atomic mass is 32.2. The van der Waals surface area contributed by atoms with Crippen LogP contribution in [0.3, 0.4) is 0 Å². The van der Waals surface area contributed by atoms with Crippen molar-refractivity contribution in [2.24, 2.45) is 0 Å². The van der Waals surface area contributed by atoms with E-state index < -0.39 is 10.7 Å². The second-order valence-electron chi connectivity index (χ2n) is 4.75. The first-order valence-electron chi connectivity index (χ1n) is 6.41. The fraction of sp³-hybridized carbons (Fsp3) is 0.133. The molecule has 0 saturated carbocycles. The van der Waals surface area contributed by atoms with Gasteiger partial charge in [-0.2, -0.15) is 0 Å². The van der Waals surface area contributed by atoms with Gasteiger partial charge in [0, 0.05) is 11.1 Å². The van der Waals surface area contributed by atoms with E-state index in [0.717, 1.165) is 10.6 Å². The summed E-state index contributed by atoms with van der Waals surface area (Å²) >= 11 is 1.24. The van der Waals surface area contributed by atoms with Crippen LogP contribution in [0.5, 0.6) is 0 Å². The maximum atomic E-state index is 12.5. The summed E-state index contributed by atoms with van der Waals surface area (Å²) in [6, 6.07) is 12.6. The van der Waals surface area contributed by atoms with E-state index in [9.17, 15) is 9.59 Å². The molecule has 1 aromatic carbocycles. The third-order valence-electron chi connectivity index (χ3n) is 3.22. The summed E-state index contributed by atoms with van der Waals surface area (Å²) in [7, 11) is 0. The van der Waals surface area contributed by atoms with Crippen molar-refractivity contribution in [3.05, 3.63) is 48.7 Å². The number of hydrogen-bond acceptors (Lipinski definition) is 4. The Morgan fingerprint density at radius 1 is 1.24 bits per heavy atom. The van der Waals surface area contributed by atoms with E-state index >= 15 is 0 Å². The fourth-order valence-corrected chi connectivity index (χ4v) is 3.09. The monoisotopic (exact) mass is 299 g/mol. The van der Waals surface area contributed by atoms with Crippen molar-refractivity contribution in [1.29, 1.82) is 0 Å². The Morgan fingerprint density at radius 2 is 2.00 bits per heavy atom. The minimum absolute atomic E-state index is 0.334. The molecule has 1 aromatic heterocycles. The zero-order valence-electron chi connectivity index (χ0n) is 11.3. The number of nitrogens with zero attached hydrogens (tertiary/aromatic N) is 1. The third-order valence-corrected chi connectivity index (χ3v) is 4.58. The largest absolute Gasteiger partial charge is 0.323 e. The van der Waals surface area contributed by atoms with Gasteiger partial charge in [-0.1, -0.05) is 30.0 Å². The van der Waals surface area contributed by atoms with E-state index in [2.05, 4.69) is 15.6 Å².